The maximum absolute atomic E-state index is 12.1. The highest BCUT2D eigenvalue weighted by Gasteiger charge is 2.32. The first-order valence-corrected chi connectivity index (χ1v) is 7.51. The van der Waals surface area contributed by atoms with Gasteiger partial charge in [-0.05, 0) is 37.2 Å². The van der Waals surface area contributed by atoms with Crippen molar-refractivity contribution in [1.82, 2.24) is 0 Å². The van der Waals surface area contributed by atoms with E-state index < -0.39 is 5.97 Å². The third-order valence-electron chi connectivity index (χ3n) is 4.42. The van der Waals surface area contributed by atoms with Crippen LogP contribution in [0.15, 0.2) is 30.3 Å². The molecule has 21 heavy (non-hydrogen) atoms. The molecule has 114 valence electrons. The van der Waals surface area contributed by atoms with Crippen LogP contribution >= 0.6 is 0 Å². The molecule has 2 rings (SSSR count). The number of hydrogen-bond donors (Lipinski definition) is 1. The van der Waals surface area contributed by atoms with Gasteiger partial charge in [0.05, 0.1) is 11.8 Å². The molecule has 1 N–H and O–H groups in total. The minimum atomic E-state index is -0.715. The Kier molecular flexibility index (Phi) is 5.37. The van der Waals surface area contributed by atoms with Crippen molar-refractivity contribution in [2.24, 2.45) is 17.8 Å². The van der Waals surface area contributed by atoms with Crippen molar-refractivity contribution >= 4 is 11.9 Å². The largest absolute Gasteiger partial charge is 0.481 e. The minimum Gasteiger partial charge on any atom is -0.481 e. The van der Waals surface area contributed by atoms with Gasteiger partial charge in [0, 0.05) is 0 Å². The highest BCUT2D eigenvalue weighted by Crippen LogP contribution is 2.34. The fraction of sp³-hybridized carbons (Fsp3) is 0.529. The number of benzene rings is 1. The van der Waals surface area contributed by atoms with Crippen molar-refractivity contribution in [3.63, 3.8) is 0 Å². The average Bonchev–Trinajstić information content (AvgIpc) is 2.53. The lowest BCUT2D eigenvalue weighted by molar-refractivity contribution is -0.152. The summed E-state index contributed by atoms with van der Waals surface area (Å²) in [5, 5.41) is 8.99. The molecule has 1 saturated carbocycles. The Balaban J connectivity index is 1.79. The van der Waals surface area contributed by atoms with E-state index in [-0.39, 0.29) is 23.7 Å². The number of ether oxygens (including phenoxy) is 1. The topological polar surface area (TPSA) is 63.6 Å². The molecule has 1 aromatic carbocycles. The first-order chi connectivity index (χ1) is 10.1. The summed E-state index contributed by atoms with van der Waals surface area (Å²) in [4.78, 5) is 23.0. The van der Waals surface area contributed by atoms with Crippen molar-refractivity contribution in [3.05, 3.63) is 35.9 Å². The van der Waals surface area contributed by atoms with Crippen molar-refractivity contribution in [1.29, 1.82) is 0 Å². The fourth-order valence-corrected chi connectivity index (χ4v) is 2.92. The molecule has 0 amide bonds. The van der Waals surface area contributed by atoms with Gasteiger partial charge in [-0.2, -0.15) is 0 Å². The molecule has 1 atom stereocenters. The van der Waals surface area contributed by atoms with Crippen LogP contribution in [-0.2, 0) is 20.9 Å². The van der Waals surface area contributed by atoms with Gasteiger partial charge in [-0.15, -0.1) is 0 Å². The van der Waals surface area contributed by atoms with E-state index in [2.05, 4.69) is 0 Å². The van der Waals surface area contributed by atoms with Gasteiger partial charge in [-0.25, -0.2) is 0 Å². The third-order valence-corrected chi connectivity index (χ3v) is 4.42. The molecular weight excluding hydrogens is 268 g/mol. The molecule has 4 nitrogen and oxygen atoms in total. The summed E-state index contributed by atoms with van der Waals surface area (Å²) in [7, 11) is 0. The number of esters is 1. The Morgan fingerprint density at radius 1 is 1.19 bits per heavy atom. The average molecular weight is 290 g/mol. The SMILES string of the molecule is CC(C(=O)OCc1ccccc1)C1CCC(C(=O)O)CC1. The molecular formula is C17H22O4. The zero-order chi connectivity index (χ0) is 15.2. The van der Waals surface area contributed by atoms with E-state index in [0.29, 0.717) is 19.4 Å². The molecule has 0 aliphatic heterocycles. The van der Waals surface area contributed by atoms with Crippen molar-refractivity contribution in [2.75, 3.05) is 0 Å². The maximum Gasteiger partial charge on any atom is 0.309 e. The Hall–Kier alpha value is -1.84. The van der Waals surface area contributed by atoms with E-state index in [9.17, 15) is 9.59 Å². The Labute approximate surface area is 125 Å². The summed E-state index contributed by atoms with van der Waals surface area (Å²) < 4.78 is 5.36. The Morgan fingerprint density at radius 2 is 1.81 bits per heavy atom. The van der Waals surface area contributed by atoms with Gasteiger partial charge in [-0.3, -0.25) is 9.59 Å². The van der Waals surface area contributed by atoms with Gasteiger partial charge >= 0.3 is 11.9 Å². The highest BCUT2D eigenvalue weighted by molar-refractivity contribution is 5.73. The number of carboxylic acid groups (broad SMARTS) is 1. The van der Waals surface area contributed by atoms with Crippen LogP contribution in [0, 0.1) is 17.8 Å². The molecule has 0 radical (unpaired) electrons. The quantitative estimate of drug-likeness (QED) is 0.845. The first-order valence-electron chi connectivity index (χ1n) is 7.51. The zero-order valence-corrected chi connectivity index (χ0v) is 12.3. The standard InChI is InChI=1S/C17H22O4/c1-12(14-7-9-15(10-8-14)16(18)19)17(20)21-11-13-5-3-2-4-6-13/h2-6,12,14-15H,7-11H2,1H3,(H,18,19). The van der Waals surface area contributed by atoms with Gasteiger partial charge in [0.2, 0.25) is 0 Å². The molecule has 0 bridgehead atoms. The van der Waals surface area contributed by atoms with Crippen LogP contribution in [-0.4, -0.2) is 17.0 Å². The second kappa shape index (κ2) is 7.25. The summed E-state index contributed by atoms with van der Waals surface area (Å²) >= 11 is 0. The first kappa shape index (κ1) is 15.5. The summed E-state index contributed by atoms with van der Waals surface area (Å²) in [5.41, 5.74) is 0.979. The van der Waals surface area contributed by atoms with E-state index >= 15 is 0 Å². The van der Waals surface area contributed by atoms with E-state index in [1.807, 2.05) is 37.3 Å². The van der Waals surface area contributed by atoms with Gasteiger partial charge in [0.1, 0.15) is 6.61 Å². The Bertz CT molecular complexity index is 475. The van der Waals surface area contributed by atoms with Crippen LogP contribution < -0.4 is 0 Å². The van der Waals surface area contributed by atoms with E-state index in [0.717, 1.165) is 18.4 Å². The number of carboxylic acids is 1. The lowest BCUT2D eigenvalue weighted by Crippen LogP contribution is -2.29. The van der Waals surface area contributed by atoms with E-state index in [1.54, 1.807) is 0 Å². The van der Waals surface area contributed by atoms with Crippen LogP contribution in [0.5, 0.6) is 0 Å². The molecule has 1 fully saturated rings. The number of carbonyl (C=O) groups is 2. The maximum atomic E-state index is 12.1. The normalized spacial score (nSPS) is 23.3. The zero-order valence-electron chi connectivity index (χ0n) is 12.3. The van der Waals surface area contributed by atoms with Crippen LogP contribution in [0.4, 0.5) is 0 Å². The predicted molar refractivity (Wildman–Crippen MR) is 78.5 cm³/mol. The summed E-state index contributed by atoms with van der Waals surface area (Å²) in [6.07, 6.45) is 2.91. The van der Waals surface area contributed by atoms with Crippen LogP contribution in [0.2, 0.25) is 0 Å². The number of hydrogen-bond acceptors (Lipinski definition) is 3. The minimum absolute atomic E-state index is 0.163. The lowest BCUT2D eigenvalue weighted by Gasteiger charge is -2.29. The van der Waals surface area contributed by atoms with Gasteiger partial charge in [-0.1, -0.05) is 37.3 Å². The number of aliphatic carboxylic acids is 1. The number of rotatable bonds is 5. The molecule has 1 aliphatic carbocycles. The molecule has 0 heterocycles. The number of carbonyl (C=O) groups excluding carboxylic acids is 1. The fourth-order valence-electron chi connectivity index (χ4n) is 2.92. The monoisotopic (exact) mass is 290 g/mol. The van der Waals surface area contributed by atoms with Crippen LogP contribution in [0.1, 0.15) is 38.2 Å². The molecule has 0 aromatic heterocycles. The van der Waals surface area contributed by atoms with Crippen LogP contribution in [0.25, 0.3) is 0 Å². The second-order valence-corrected chi connectivity index (χ2v) is 5.83. The lowest BCUT2D eigenvalue weighted by atomic mass is 9.76. The smallest absolute Gasteiger partial charge is 0.309 e. The molecule has 1 aromatic rings. The molecule has 4 heteroatoms. The van der Waals surface area contributed by atoms with Crippen LogP contribution in [0.3, 0.4) is 0 Å². The van der Waals surface area contributed by atoms with Gasteiger partial charge < -0.3 is 9.84 Å². The Morgan fingerprint density at radius 3 is 2.38 bits per heavy atom. The van der Waals surface area contributed by atoms with E-state index in [1.165, 1.54) is 0 Å². The summed E-state index contributed by atoms with van der Waals surface area (Å²) in [6, 6.07) is 9.61. The molecule has 1 unspecified atom stereocenters. The van der Waals surface area contributed by atoms with Crippen molar-refractivity contribution < 1.29 is 19.4 Å². The highest BCUT2D eigenvalue weighted by atomic mass is 16.5. The summed E-state index contributed by atoms with van der Waals surface area (Å²) in [6.45, 7) is 2.19. The second-order valence-electron chi connectivity index (χ2n) is 5.83. The van der Waals surface area contributed by atoms with Crippen molar-refractivity contribution in [2.45, 2.75) is 39.2 Å². The van der Waals surface area contributed by atoms with E-state index in [4.69, 9.17) is 9.84 Å². The molecule has 0 spiro atoms. The van der Waals surface area contributed by atoms with Gasteiger partial charge in [0.25, 0.3) is 0 Å². The molecule has 0 saturated heterocycles. The predicted octanol–water partition coefficient (Wildman–Crippen LogP) is 3.26. The summed E-state index contributed by atoms with van der Waals surface area (Å²) in [5.74, 6) is -1.06. The third kappa shape index (κ3) is 4.31. The molecule has 1 aliphatic rings. The van der Waals surface area contributed by atoms with Gasteiger partial charge in [0.15, 0.2) is 0 Å². The van der Waals surface area contributed by atoms with Crippen molar-refractivity contribution in [3.8, 4) is 0 Å².